The van der Waals surface area contributed by atoms with Gasteiger partial charge in [-0.25, -0.2) is 9.97 Å². The van der Waals surface area contributed by atoms with Gasteiger partial charge in [0.25, 0.3) is 0 Å². The van der Waals surface area contributed by atoms with Crippen molar-refractivity contribution >= 4 is 11.8 Å². The molecule has 0 spiro atoms. The fourth-order valence-electron chi connectivity index (χ4n) is 2.04. The molecule has 20 heavy (non-hydrogen) atoms. The molecule has 104 valence electrons. The molecule has 0 aliphatic carbocycles. The van der Waals surface area contributed by atoms with Crippen molar-refractivity contribution in [2.45, 2.75) is 24.5 Å². The van der Waals surface area contributed by atoms with Crippen LogP contribution >= 0.6 is 11.8 Å². The van der Waals surface area contributed by atoms with Crippen LogP contribution in [0.4, 0.5) is 0 Å². The Bertz CT molecular complexity index is 574. The molecule has 2 aromatic rings. The highest BCUT2D eigenvalue weighted by Crippen LogP contribution is 2.39. The van der Waals surface area contributed by atoms with E-state index in [-0.39, 0.29) is 6.10 Å². The maximum atomic E-state index is 5.98. The number of benzene rings is 1. The van der Waals surface area contributed by atoms with E-state index in [0.29, 0.717) is 0 Å². The number of hydrogen-bond donors (Lipinski definition) is 1. The van der Waals surface area contributed by atoms with E-state index in [9.17, 15) is 0 Å². The van der Waals surface area contributed by atoms with Gasteiger partial charge in [-0.2, -0.15) is 0 Å². The largest absolute Gasteiger partial charge is 0.480 e. The number of para-hydroxylation sites is 1. The first-order chi connectivity index (χ1) is 9.86. The number of hydrogen-bond acceptors (Lipinski definition) is 5. The molecule has 0 radical (unpaired) electrons. The summed E-state index contributed by atoms with van der Waals surface area (Å²) < 4.78 is 5.98. The van der Waals surface area contributed by atoms with E-state index in [1.807, 2.05) is 30.6 Å². The van der Waals surface area contributed by atoms with Gasteiger partial charge in [-0.3, -0.25) is 0 Å². The van der Waals surface area contributed by atoms with Gasteiger partial charge >= 0.3 is 0 Å². The Morgan fingerprint density at radius 2 is 2.10 bits per heavy atom. The molecule has 0 amide bonds. The predicted octanol–water partition coefficient (Wildman–Crippen LogP) is 2.81. The molecule has 0 fully saturated rings. The molecule has 4 nitrogen and oxygen atoms in total. The van der Waals surface area contributed by atoms with E-state index in [1.54, 1.807) is 11.8 Å². The van der Waals surface area contributed by atoms with Crippen molar-refractivity contribution in [3.05, 3.63) is 48.0 Å². The molecule has 1 N–H and O–H groups in total. The van der Waals surface area contributed by atoms with Crippen molar-refractivity contribution in [2.75, 3.05) is 12.3 Å². The van der Waals surface area contributed by atoms with Crippen LogP contribution in [0, 0.1) is 0 Å². The molecule has 3 rings (SSSR count). The van der Waals surface area contributed by atoms with E-state index in [2.05, 4.69) is 28.3 Å². The minimum absolute atomic E-state index is 0.0666. The lowest BCUT2D eigenvalue weighted by atomic mass is 10.3. The fraction of sp³-hybridized carbons (Fsp3) is 0.333. The molecule has 0 saturated heterocycles. The molecule has 1 aliphatic rings. The van der Waals surface area contributed by atoms with Gasteiger partial charge in [0.1, 0.15) is 5.75 Å². The SMILES string of the molecule is CCNCc1cnc(C2CSc3ccccc3O2)nc1. The van der Waals surface area contributed by atoms with Crippen LogP contribution < -0.4 is 10.1 Å². The third-order valence-electron chi connectivity index (χ3n) is 3.10. The van der Waals surface area contributed by atoms with Gasteiger partial charge in [-0.1, -0.05) is 19.1 Å². The van der Waals surface area contributed by atoms with Crippen LogP contribution in [-0.4, -0.2) is 22.3 Å². The average molecular weight is 287 g/mol. The lowest BCUT2D eigenvalue weighted by Gasteiger charge is -2.24. The lowest BCUT2D eigenvalue weighted by Crippen LogP contribution is -2.18. The van der Waals surface area contributed by atoms with Crippen LogP contribution in [0.2, 0.25) is 0 Å². The first kappa shape index (κ1) is 13.4. The zero-order valence-electron chi connectivity index (χ0n) is 11.4. The predicted molar refractivity (Wildman–Crippen MR) is 79.9 cm³/mol. The number of nitrogens with zero attached hydrogens (tertiary/aromatic N) is 2. The van der Waals surface area contributed by atoms with Gasteiger partial charge in [0.2, 0.25) is 0 Å². The van der Waals surface area contributed by atoms with Crippen molar-refractivity contribution in [1.82, 2.24) is 15.3 Å². The number of fused-ring (bicyclic) bond motifs is 1. The third kappa shape index (κ3) is 2.94. The normalized spacial score (nSPS) is 17.4. The zero-order chi connectivity index (χ0) is 13.8. The molecule has 0 saturated carbocycles. The van der Waals surface area contributed by atoms with Crippen LogP contribution in [0.5, 0.6) is 5.75 Å². The van der Waals surface area contributed by atoms with E-state index in [0.717, 1.165) is 36.0 Å². The van der Waals surface area contributed by atoms with Gasteiger partial charge in [-0.15, -0.1) is 11.8 Å². The molecule has 1 aliphatic heterocycles. The summed E-state index contributed by atoms with van der Waals surface area (Å²) >= 11 is 1.79. The zero-order valence-corrected chi connectivity index (χ0v) is 12.2. The Labute approximate surface area is 123 Å². The number of rotatable bonds is 4. The van der Waals surface area contributed by atoms with Crippen LogP contribution in [0.3, 0.4) is 0 Å². The van der Waals surface area contributed by atoms with Gasteiger partial charge in [-0.05, 0) is 18.7 Å². The van der Waals surface area contributed by atoms with Crippen molar-refractivity contribution in [2.24, 2.45) is 0 Å². The third-order valence-corrected chi connectivity index (χ3v) is 4.22. The topological polar surface area (TPSA) is 47.0 Å². The fourth-order valence-corrected chi connectivity index (χ4v) is 3.02. The van der Waals surface area contributed by atoms with Crippen LogP contribution in [0.15, 0.2) is 41.6 Å². The number of thioether (sulfide) groups is 1. The molecule has 1 aromatic heterocycles. The highest BCUT2D eigenvalue weighted by Gasteiger charge is 2.23. The van der Waals surface area contributed by atoms with Crippen LogP contribution in [-0.2, 0) is 6.54 Å². The minimum atomic E-state index is -0.0666. The van der Waals surface area contributed by atoms with Gasteiger partial charge in [0.15, 0.2) is 11.9 Å². The summed E-state index contributed by atoms with van der Waals surface area (Å²) in [7, 11) is 0. The first-order valence-electron chi connectivity index (χ1n) is 6.77. The van der Waals surface area contributed by atoms with Gasteiger partial charge in [0, 0.05) is 35.2 Å². The highest BCUT2D eigenvalue weighted by molar-refractivity contribution is 7.99. The second-order valence-electron chi connectivity index (χ2n) is 4.59. The Hall–Kier alpha value is -1.59. The average Bonchev–Trinajstić information content (AvgIpc) is 2.53. The summed E-state index contributed by atoms with van der Waals surface area (Å²) in [6.45, 7) is 3.83. The van der Waals surface area contributed by atoms with Crippen molar-refractivity contribution in [1.29, 1.82) is 0 Å². The maximum Gasteiger partial charge on any atom is 0.170 e. The van der Waals surface area contributed by atoms with Crippen molar-refractivity contribution in [3.63, 3.8) is 0 Å². The standard InChI is InChI=1S/C15H17N3OS/c1-2-16-7-11-8-17-15(18-9-11)13-10-20-14-6-4-3-5-12(14)19-13/h3-6,8-9,13,16H,2,7,10H2,1H3. The highest BCUT2D eigenvalue weighted by atomic mass is 32.2. The molecule has 0 bridgehead atoms. The molecule has 1 aromatic carbocycles. The Balaban J connectivity index is 1.71. The van der Waals surface area contributed by atoms with Gasteiger partial charge in [0.05, 0.1) is 0 Å². The molecule has 1 atom stereocenters. The monoisotopic (exact) mass is 287 g/mol. The summed E-state index contributed by atoms with van der Waals surface area (Å²) in [4.78, 5) is 10.1. The molecule has 1 unspecified atom stereocenters. The lowest BCUT2D eigenvalue weighted by molar-refractivity contribution is 0.210. The molecule has 5 heteroatoms. The second kappa shape index (κ2) is 6.24. The van der Waals surface area contributed by atoms with Crippen LogP contribution in [0.1, 0.15) is 24.4 Å². The van der Waals surface area contributed by atoms with E-state index >= 15 is 0 Å². The van der Waals surface area contributed by atoms with Gasteiger partial charge < -0.3 is 10.1 Å². The summed E-state index contributed by atoms with van der Waals surface area (Å²) in [5.74, 6) is 2.53. The Morgan fingerprint density at radius 3 is 2.90 bits per heavy atom. The molecule has 2 heterocycles. The summed E-state index contributed by atoms with van der Waals surface area (Å²) in [6, 6.07) is 8.09. The summed E-state index contributed by atoms with van der Waals surface area (Å²) in [5, 5.41) is 3.26. The van der Waals surface area contributed by atoms with Crippen LogP contribution in [0.25, 0.3) is 0 Å². The Kier molecular flexibility index (Phi) is 4.18. The van der Waals surface area contributed by atoms with E-state index in [1.165, 1.54) is 4.90 Å². The number of nitrogens with one attached hydrogen (secondary N) is 1. The minimum Gasteiger partial charge on any atom is -0.480 e. The molecular formula is C15H17N3OS. The smallest absolute Gasteiger partial charge is 0.170 e. The molecular weight excluding hydrogens is 270 g/mol. The summed E-state index contributed by atoms with van der Waals surface area (Å²) in [6.07, 6.45) is 3.68. The second-order valence-corrected chi connectivity index (χ2v) is 5.66. The Morgan fingerprint density at radius 1 is 1.30 bits per heavy atom. The number of aromatic nitrogens is 2. The summed E-state index contributed by atoms with van der Waals surface area (Å²) in [5.41, 5.74) is 1.10. The quantitative estimate of drug-likeness (QED) is 0.937. The number of ether oxygens (including phenoxy) is 1. The maximum absolute atomic E-state index is 5.98. The van der Waals surface area contributed by atoms with E-state index in [4.69, 9.17) is 4.74 Å². The first-order valence-corrected chi connectivity index (χ1v) is 7.75. The van der Waals surface area contributed by atoms with Crippen molar-refractivity contribution < 1.29 is 4.74 Å². The van der Waals surface area contributed by atoms with E-state index < -0.39 is 0 Å². The van der Waals surface area contributed by atoms with Crippen molar-refractivity contribution in [3.8, 4) is 5.75 Å².